The lowest BCUT2D eigenvalue weighted by molar-refractivity contribution is -0.142. The third-order valence-electron chi connectivity index (χ3n) is 5.28. The highest BCUT2D eigenvalue weighted by molar-refractivity contribution is 7.99. The lowest BCUT2D eigenvalue weighted by Crippen LogP contribution is -2.44. The summed E-state index contributed by atoms with van der Waals surface area (Å²) in [5, 5.41) is 24.1. The number of rotatable bonds is 14. The molecule has 1 amide bonds. The topological polar surface area (TPSA) is 166 Å². The Balaban J connectivity index is 2.24. The number of carboxylic acids is 2. The van der Waals surface area contributed by atoms with Gasteiger partial charge in [-0.2, -0.15) is 0 Å². The second kappa shape index (κ2) is 12.4. The molecule has 1 aromatic heterocycles. The molecule has 2 rings (SSSR count). The first-order valence-corrected chi connectivity index (χ1v) is 13.7. The highest BCUT2D eigenvalue weighted by Gasteiger charge is 2.26. The van der Waals surface area contributed by atoms with Crippen LogP contribution in [0.25, 0.3) is 10.8 Å². The van der Waals surface area contributed by atoms with Gasteiger partial charge in [0.25, 0.3) is 0 Å². The van der Waals surface area contributed by atoms with Crippen LogP contribution in [0, 0.1) is 5.92 Å². The Morgan fingerprint density at radius 3 is 2.32 bits per heavy atom. The lowest BCUT2D eigenvalue weighted by Gasteiger charge is -2.20. The molecule has 10 nitrogen and oxygen atoms in total. The van der Waals surface area contributed by atoms with Crippen molar-refractivity contribution in [2.24, 2.45) is 5.92 Å². The van der Waals surface area contributed by atoms with E-state index in [1.165, 1.54) is 11.8 Å². The number of thioether (sulfide) groups is 1. The van der Waals surface area contributed by atoms with E-state index in [4.69, 9.17) is 9.79 Å². The summed E-state index contributed by atoms with van der Waals surface area (Å²) in [6.45, 7) is 3.33. The quantitative estimate of drug-likeness (QED) is 0.144. The molecular weight excluding hydrogens is 483 g/mol. The molecule has 34 heavy (non-hydrogen) atoms. The van der Waals surface area contributed by atoms with E-state index >= 15 is 0 Å². The highest BCUT2D eigenvalue weighted by atomic mass is 32.2. The first kappa shape index (κ1) is 27.9. The van der Waals surface area contributed by atoms with Gasteiger partial charge >= 0.3 is 19.5 Å². The fourth-order valence-corrected chi connectivity index (χ4v) is 5.28. The zero-order chi connectivity index (χ0) is 25.5. The van der Waals surface area contributed by atoms with E-state index in [1.807, 2.05) is 24.3 Å². The number of fused-ring (bicyclic) bond motifs is 1. The summed E-state index contributed by atoms with van der Waals surface area (Å²) in [6, 6.07) is 5.22. The van der Waals surface area contributed by atoms with Crippen molar-refractivity contribution < 1.29 is 38.9 Å². The molecule has 5 N–H and O–H groups in total. The molecule has 0 aliphatic rings. The minimum atomic E-state index is -4.08. The first-order valence-electron chi connectivity index (χ1n) is 10.9. The van der Waals surface area contributed by atoms with Crippen molar-refractivity contribution in [3.8, 4) is 0 Å². The van der Waals surface area contributed by atoms with E-state index in [1.54, 1.807) is 24.6 Å². The minimum Gasteiger partial charge on any atom is -0.480 e. The number of carbonyl (C=O) groups excluding carboxylic acids is 1. The number of unbranched alkanes of at least 4 members (excludes halogenated alkanes) is 2. The molecule has 2 atom stereocenters. The van der Waals surface area contributed by atoms with Gasteiger partial charge in [-0.25, -0.2) is 9.59 Å². The van der Waals surface area contributed by atoms with Crippen molar-refractivity contribution in [1.29, 1.82) is 0 Å². The van der Waals surface area contributed by atoms with E-state index in [9.17, 15) is 29.2 Å². The van der Waals surface area contributed by atoms with Crippen LogP contribution in [0.1, 0.15) is 45.6 Å². The van der Waals surface area contributed by atoms with Gasteiger partial charge in [-0.05, 0) is 12.8 Å². The predicted octanol–water partition coefficient (Wildman–Crippen LogP) is 3.32. The van der Waals surface area contributed by atoms with Gasteiger partial charge in [-0.15, -0.1) is 11.8 Å². The van der Waals surface area contributed by atoms with E-state index in [0.717, 1.165) is 10.8 Å². The highest BCUT2D eigenvalue weighted by Crippen LogP contribution is 2.37. The molecule has 188 valence electrons. The fourth-order valence-electron chi connectivity index (χ4n) is 3.42. The number of nitrogens with zero attached hydrogens (tertiary/aromatic N) is 1. The zero-order valence-corrected chi connectivity index (χ0v) is 20.8. The molecule has 1 heterocycles. The van der Waals surface area contributed by atoms with Crippen molar-refractivity contribution in [3.63, 3.8) is 0 Å². The summed E-state index contributed by atoms with van der Waals surface area (Å²) in [5.41, 5.74) is 0. The van der Waals surface area contributed by atoms with Crippen LogP contribution in [-0.2, 0) is 18.9 Å². The summed E-state index contributed by atoms with van der Waals surface area (Å²) >= 11 is 1.17. The van der Waals surface area contributed by atoms with Crippen LogP contribution in [-0.4, -0.2) is 60.4 Å². The predicted molar refractivity (Wildman–Crippen MR) is 129 cm³/mol. The van der Waals surface area contributed by atoms with E-state index in [0.29, 0.717) is 24.3 Å². The smallest absolute Gasteiger partial charge is 0.327 e. The molecule has 12 heteroatoms. The number of carboxylic acid groups (broad SMARTS) is 2. The van der Waals surface area contributed by atoms with E-state index in [2.05, 4.69) is 5.32 Å². The third-order valence-corrected chi connectivity index (χ3v) is 7.38. The Kier molecular flexibility index (Phi) is 10.2. The van der Waals surface area contributed by atoms with Gasteiger partial charge in [-0.3, -0.25) is 9.36 Å². The van der Waals surface area contributed by atoms with Gasteiger partial charge in [0.05, 0.1) is 5.03 Å². The average molecular weight is 515 g/mol. The zero-order valence-electron chi connectivity index (χ0n) is 19.1. The SMILES string of the molecule is CC(C)C(=O)N[C@@H](CSc1c2ccccc2cn1C(CCCCCP(=O)(O)O)C(=O)O)C(=O)O. The minimum absolute atomic E-state index is 0.0103. The van der Waals surface area contributed by atoms with Crippen molar-refractivity contribution in [2.75, 3.05) is 11.9 Å². The summed E-state index contributed by atoms with van der Waals surface area (Å²) in [6.07, 6.45) is 2.95. The molecule has 0 aliphatic heterocycles. The number of aliphatic carboxylic acids is 2. The van der Waals surface area contributed by atoms with Gasteiger partial charge in [-0.1, -0.05) is 51.0 Å². The number of benzene rings is 1. The van der Waals surface area contributed by atoms with Gasteiger partial charge in [0.2, 0.25) is 5.91 Å². The Morgan fingerprint density at radius 1 is 1.06 bits per heavy atom. The standard InChI is InChI=1S/C22H31N2O8PS/c1-14(2)19(25)23-17(21(26)27)13-34-20-16-9-6-5-8-15(16)12-24(20)18(22(28)29)10-4-3-7-11-33(30,31)32/h5-6,8-9,12,14,17-18H,3-4,7,10-11,13H2,1-2H3,(H,23,25)(H,26,27)(H,28,29)(H2,30,31,32)/t17-,18?/m0/s1. The second-order valence-corrected chi connectivity index (χ2v) is 11.2. The number of aromatic nitrogens is 1. The number of hydrogen-bond acceptors (Lipinski definition) is 5. The molecule has 0 spiro atoms. The second-order valence-electron chi connectivity index (χ2n) is 8.39. The molecular formula is C22H31N2O8PS. The summed E-state index contributed by atoms with van der Waals surface area (Å²) in [7, 11) is -4.08. The maximum atomic E-state index is 12.1. The van der Waals surface area contributed by atoms with Crippen molar-refractivity contribution in [1.82, 2.24) is 9.88 Å². The molecule has 2 aromatic rings. The number of carbonyl (C=O) groups is 3. The van der Waals surface area contributed by atoms with Crippen molar-refractivity contribution >= 4 is 48.0 Å². The summed E-state index contributed by atoms with van der Waals surface area (Å²) in [4.78, 5) is 53.8. The van der Waals surface area contributed by atoms with Crippen LogP contribution in [0.3, 0.4) is 0 Å². The van der Waals surface area contributed by atoms with E-state index < -0.39 is 31.6 Å². The number of hydrogen-bond donors (Lipinski definition) is 5. The Hall–Kier alpha value is -2.33. The number of nitrogens with one attached hydrogen (secondary N) is 1. The Labute approximate surface area is 201 Å². The first-order chi connectivity index (χ1) is 15.9. The fraction of sp³-hybridized carbons (Fsp3) is 0.500. The van der Waals surface area contributed by atoms with Crippen molar-refractivity contribution in [2.45, 2.75) is 56.6 Å². The van der Waals surface area contributed by atoms with E-state index in [-0.39, 0.29) is 30.2 Å². The monoisotopic (exact) mass is 514 g/mol. The molecule has 0 saturated heterocycles. The lowest BCUT2D eigenvalue weighted by atomic mass is 10.1. The van der Waals surface area contributed by atoms with Crippen LogP contribution >= 0.6 is 19.4 Å². The maximum absolute atomic E-state index is 12.1. The van der Waals surface area contributed by atoms with Gasteiger partial charge in [0.1, 0.15) is 12.1 Å². The van der Waals surface area contributed by atoms with Crippen LogP contribution in [0.5, 0.6) is 0 Å². The largest absolute Gasteiger partial charge is 0.480 e. The van der Waals surface area contributed by atoms with Crippen LogP contribution < -0.4 is 5.32 Å². The number of amides is 1. The van der Waals surface area contributed by atoms with Gasteiger partial charge in [0.15, 0.2) is 0 Å². The van der Waals surface area contributed by atoms with Crippen molar-refractivity contribution in [3.05, 3.63) is 30.5 Å². The summed E-state index contributed by atoms with van der Waals surface area (Å²) < 4.78 is 12.6. The molecule has 1 aromatic carbocycles. The van der Waals surface area contributed by atoms with Gasteiger partial charge in [0, 0.05) is 34.8 Å². The van der Waals surface area contributed by atoms with Crippen LogP contribution in [0.2, 0.25) is 0 Å². The Morgan fingerprint density at radius 2 is 1.74 bits per heavy atom. The summed E-state index contributed by atoms with van der Waals surface area (Å²) in [5.74, 6) is -2.98. The molecule has 0 fully saturated rings. The molecule has 0 saturated carbocycles. The van der Waals surface area contributed by atoms with Gasteiger partial charge < -0.3 is 29.9 Å². The molecule has 0 radical (unpaired) electrons. The van der Waals surface area contributed by atoms with Crippen LogP contribution in [0.4, 0.5) is 0 Å². The molecule has 0 bridgehead atoms. The van der Waals surface area contributed by atoms with Crippen LogP contribution in [0.15, 0.2) is 35.5 Å². The molecule has 1 unspecified atom stereocenters. The average Bonchev–Trinajstić information content (AvgIpc) is 3.10. The molecule has 0 aliphatic carbocycles. The third kappa shape index (κ3) is 8.16. The Bertz CT molecular complexity index is 1060. The maximum Gasteiger partial charge on any atom is 0.327 e. The normalized spacial score (nSPS) is 13.7.